The Morgan fingerprint density at radius 1 is 1.60 bits per heavy atom. The molecule has 0 radical (unpaired) electrons. The summed E-state index contributed by atoms with van der Waals surface area (Å²) in [6, 6.07) is 2.10. The number of aliphatic carboxylic acids is 1. The van der Waals surface area contributed by atoms with Crippen LogP contribution in [0.1, 0.15) is 11.8 Å². The van der Waals surface area contributed by atoms with E-state index in [1.807, 2.05) is 4.90 Å². The summed E-state index contributed by atoms with van der Waals surface area (Å²) in [5.74, 6) is -0.125. The summed E-state index contributed by atoms with van der Waals surface area (Å²) < 4.78 is 5.25. The van der Waals surface area contributed by atoms with Crippen LogP contribution in [-0.4, -0.2) is 46.8 Å². The summed E-state index contributed by atoms with van der Waals surface area (Å²) in [4.78, 5) is 23.9. The number of fused-ring (bicyclic) bond motifs is 1. The van der Waals surface area contributed by atoms with E-state index in [0.29, 0.717) is 19.7 Å². The highest BCUT2D eigenvalue weighted by Gasteiger charge is 2.28. The van der Waals surface area contributed by atoms with Crippen molar-refractivity contribution >= 4 is 33.3 Å². The lowest BCUT2D eigenvalue weighted by atomic mass is 10.2. The number of hydrogen-bond acceptors (Lipinski definition) is 6. The van der Waals surface area contributed by atoms with Gasteiger partial charge in [-0.3, -0.25) is 0 Å². The van der Waals surface area contributed by atoms with Crippen molar-refractivity contribution in [1.29, 1.82) is 0 Å². The lowest BCUT2D eigenvalue weighted by molar-refractivity contribution is -0.150. The second kappa shape index (κ2) is 5.34. The van der Waals surface area contributed by atoms with Crippen LogP contribution >= 0.6 is 11.3 Å². The molecule has 0 spiro atoms. The second-order valence-electron chi connectivity index (χ2n) is 4.63. The van der Waals surface area contributed by atoms with E-state index in [4.69, 9.17) is 9.84 Å². The Hall–Kier alpha value is -1.73. The number of morpholine rings is 1. The van der Waals surface area contributed by atoms with E-state index in [1.54, 1.807) is 17.7 Å². The average Bonchev–Trinajstić information content (AvgIpc) is 2.90. The topological polar surface area (TPSA) is 75.5 Å². The molecular weight excluding hydrogens is 278 g/mol. The zero-order valence-corrected chi connectivity index (χ0v) is 11.9. The molecule has 3 rings (SSSR count). The molecule has 0 saturated carbocycles. The molecule has 0 aromatic carbocycles. The molecule has 20 heavy (non-hydrogen) atoms. The molecule has 1 aliphatic heterocycles. The normalized spacial score (nSPS) is 19.4. The largest absolute Gasteiger partial charge is 0.479 e. The van der Waals surface area contributed by atoms with Crippen LogP contribution in [0.2, 0.25) is 0 Å². The molecule has 1 unspecified atom stereocenters. The predicted molar refractivity (Wildman–Crippen MR) is 76.4 cm³/mol. The number of ether oxygens (including phenoxy) is 1. The number of anilines is 1. The number of carboxylic acids is 1. The molecule has 1 aliphatic rings. The first-order chi connectivity index (χ1) is 9.69. The fourth-order valence-electron chi connectivity index (χ4n) is 2.31. The molecule has 106 valence electrons. The van der Waals surface area contributed by atoms with E-state index < -0.39 is 12.1 Å². The van der Waals surface area contributed by atoms with Crippen molar-refractivity contribution in [3.8, 4) is 0 Å². The Morgan fingerprint density at radius 3 is 3.20 bits per heavy atom. The lowest BCUT2D eigenvalue weighted by Crippen LogP contribution is -2.46. The highest BCUT2D eigenvalue weighted by Crippen LogP contribution is 2.31. The maximum absolute atomic E-state index is 11.1. The number of aromatic nitrogens is 2. The zero-order chi connectivity index (χ0) is 14.1. The summed E-state index contributed by atoms with van der Waals surface area (Å²) >= 11 is 1.66. The van der Waals surface area contributed by atoms with Gasteiger partial charge in [-0.25, -0.2) is 14.8 Å². The fraction of sp³-hybridized carbons (Fsp3) is 0.462. The van der Waals surface area contributed by atoms with Gasteiger partial charge in [0.2, 0.25) is 0 Å². The Balaban J connectivity index is 1.96. The van der Waals surface area contributed by atoms with Crippen LogP contribution in [0.15, 0.2) is 12.4 Å². The highest BCUT2D eigenvalue weighted by molar-refractivity contribution is 7.18. The number of nitrogens with zero attached hydrogens (tertiary/aromatic N) is 3. The molecule has 1 N–H and O–H groups in total. The number of aryl methyl sites for hydroxylation is 1. The quantitative estimate of drug-likeness (QED) is 0.925. The van der Waals surface area contributed by atoms with Gasteiger partial charge in [-0.05, 0) is 12.5 Å². The van der Waals surface area contributed by atoms with Gasteiger partial charge in [-0.15, -0.1) is 11.3 Å². The molecule has 2 aromatic rings. The summed E-state index contributed by atoms with van der Waals surface area (Å²) in [7, 11) is 0. The third-order valence-corrected chi connectivity index (χ3v) is 4.54. The van der Waals surface area contributed by atoms with Crippen LogP contribution in [0, 0.1) is 0 Å². The van der Waals surface area contributed by atoms with Crippen molar-refractivity contribution in [2.24, 2.45) is 0 Å². The van der Waals surface area contributed by atoms with Gasteiger partial charge in [0.1, 0.15) is 17.0 Å². The van der Waals surface area contributed by atoms with E-state index in [1.165, 1.54) is 4.88 Å². The molecular formula is C13H15N3O3S. The number of carboxylic acid groups (broad SMARTS) is 1. The Morgan fingerprint density at radius 2 is 2.45 bits per heavy atom. The standard InChI is InChI=1S/C13H15N3O3S/c1-2-8-5-9-11(14-7-15-12(9)20-8)16-3-4-19-10(6-16)13(17)18/h5,7,10H,2-4,6H2,1H3,(H,17,18). The van der Waals surface area contributed by atoms with Gasteiger partial charge in [0.25, 0.3) is 0 Å². The number of thiophene rings is 1. The van der Waals surface area contributed by atoms with Gasteiger partial charge >= 0.3 is 5.97 Å². The van der Waals surface area contributed by atoms with Crippen LogP contribution in [0.5, 0.6) is 0 Å². The third-order valence-electron chi connectivity index (χ3n) is 3.35. The molecule has 1 fully saturated rings. The summed E-state index contributed by atoms with van der Waals surface area (Å²) in [5.41, 5.74) is 0. The molecule has 0 amide bonds. The first-order valence-electron chi connectivity index (χ1n) is 6.51. The maximum Gasteiger partial charge on any atom is 0.334 e. The van der Waals surface area contributed by atoms with Gasteiger partial charge in [0.15, 0.2) is 6.10 Å². The van der Waals surface area contributed by atoms with Crippen LogP contribution in [0.3, 0.4) is 0 Å². The lowest BCUT2D eigenvalue weighted by Gasteiger charge is -2.31. The smallest absolute Gasteiger partial charge is 0.334 e. The first kappa shape index (κ1) is 13.3. The van der Waals surface area contributed by atoms with Crippen molar-refractivity contribution in [1.82, 2.24) is 9.97 Å². The molecule has 0 aliphatic carbocycles. The fourth-order valence-corrected chi connectivity index (χ4v) is 3.24. The Kier molecular flexibility index (Phi) is 3.54. The molecule has 6 nitrogen and oxygen atoms in total. The minimum Gasteiger partial charge on any atom is -0.479 e. The van der Waals surface area contributed by atoms with Crippen LogP contribution in [0.4, 0.5) is 5.82 Å². The summed E-state index contributed by atoms with van der Waals surface area (Å²) in [5, 5.41) is 10.1. The third kappa shape index (κ3) is 2.34. The highest BCUT2D eigenvalue weighted by atomic mass is 32.1. The second-order valence-corrected chi connectivity index (χ2v) is 5.74. The molecule has 1 atom stereocenters. The monoisotopic (exact) mass is 293 g/mol. The SMILES string of the molecule is CCc1cc2c(N3CCOC(C(=O)O)C3)ncnc2s1. The van der Waals surface area contributed by atoms with Crippen LogP contribution in [0.25, 0.3) is 10.2 Å². The molecule has 7 heteroatoms. The van der Waals surface area contributed by atoms with Crippen molar-refractivity contribution in [3.63, 3.8) is 0 Å². The van der Waals surface area contributed by atoms with E-state index in [-0.39, 0.29) is 0 Å². The maximum atomic E-state index is 11.1. The van der Waals surface area contributed by atoms with Crippen molar-refractivity contribution in [2.45, 2.75) is 19.4 Å². The summed E-state index contributed by atoms with van der Waals surface area (Å²) in [6.45, 7) is 3.46. The van der Waals surface area contributed by atoms with E-state index in [0.717, 1.165) is 22.5 Å². The van der Waals surface area contributed by atoms with Crippen molar-refractivity contribution < 1.29 is 14.6 Å². The van der Waals surface area contributed by atoms with E-state index >= 15 is 0 Å². The van der Waals surface area contributed by atoms with Gasteiger partial charge in [-0.1, -0.05) is 6.92 Å². The van der Waals surface area contributed by atoms with Crippen molar-refractivity contribution in [2.75, 3.05) is 24.6 Å². The minimum absolute atomic E-state index is 0.318. The van der Waals surface area contributed by atoms with Gasteiger partial charge < -0.3 is 14.7 Å². The van der Waals surface area contributed by atoms with Gasteiger partial charge in [-0.2, -0.15) is 0 Å². The first-order valence-corrected chi connectivity index (χ1v) is 7.33. The summed E-state index contributed by atoms with van der Waals surface area (Å²) in [6.07, 6.45) is 1.71. The van der Waals surface area contributed by atoms with Crippen LogP contribution < -0.4 is 4.90 Å². The zero-order valence-electron chi connectivity index (χ0n) is 11.1. The molecule has 3 heterocycles. The predicted octanol–water partition coefficient (Wildman–Crippen LogP) is 1.54. The minimum atomic E-state index is -0.931. The number of hydrogen-bond donors (Lipinski definition) is 1. The number of carbonyl (C=O) groups is 1. The molecule has 0 bridgehead atoms. The van der Waals surface area contributed by atoms with E-state index in [9.17, 15) is 4.79 Å². The van der Waals surface area contributed by atoms with E-state index in [2.05, 4.69) is 23.0 Å². The Bertz CT molecular complexity index is 643. The molecule has 1 saturated heterocycles. The molecule has 2 aromatic heterocycles. The van der Waals surface area contributed by atoms with Crippen LogP contribution in [-0.2, 0) is 16.0 Å². The average molecular weight is 293 g/mol. The van der Waals surface area contributed by atoms with Gasteiger partial charge in [0.05, 0.1) is 18.5 Å². The Labute approximate surface area is 120 Å². The number of rotatable bonds is 3. The van der Waals surface area contributed by atoms with Crippen molar-refractivity contribution in [3.05, 3.63) is 17.3 Å². The van der Waals surface area contributed by atoms with Gasteiger partial charge in [0, 0.05) is 11.4 Å².